The van der Waals surface area contributed by atoms with E-state index in [2.05, 4.69) is 0 Å². The third-order valence-corrected chi connectivity index (χ3v) is 2.27. The molecule has 1 rings (SSSR count). The van der Waals surface area contributed by atoms with Crippen molar-refractivity contribution in [2.45, 2.75) is 46.1 Å². The maximum atomic E-state index is 12.0. The van der Waals surface area contributed by atoms with Crippen molar-refractivity contribution >= 4 is 18.0 Å². The minimum absolute atomic E-state index is 0.118. The number of carbonyl (C=O) groups excluding carboxylic acids is 3. The third kappa shape index (κ3) is 4.39. The van der Waals surface area contributed by atoms with Crippen molar-refractivity contribution < 1.29 is 23.9 Å². The van der Waals surface area contributed by atoms with Gasteiger partial charge in [-0.15, -0.1) is 0 Å². The smallest absolute Gasteiger partial charge is 0.424 e. The molecule has 0 N–H and O–H groups in total. The van der Waals surface area contributed by atoms with Crippen LogP contribution in [0.15, 0.2) is 11.8 Å². The highest BCUT2D eigenvalue weighted by Gasteiger charge is 2.33. The lowest BCUT2D eigenvalue weighted by atomic mass is 10.2. The number of hydrogen-bond donors (Lipinski definition) is 0. The first-order valence-electron chi connectivity index (χ1n) is 6.18. The Morgan fingerprint density at radius 1 is 1.26 bits per heavy atom. The topological polar surface area (TPSA) is 72.9 Å². The van der Waals surface area contributed by atoms with Gasteiger partial charge in [0.1, 0.15) is 5.60 Å². The van der Waals surface area contributed by atoms with E-state index in [1.165, 1.54) is 6.08 Å². The van der Waals surface area contributed by atoms with Gasteiger partial charge in [0, 0.05) is 18.2 Å². The number of nitrogens with zero attached hydrogens (tertiary/aromatic N) is 1. The van der Waals surface area contributed by atoms with Crippen molar-refractivity contribution in [1.82, 2.24) is 4.90 Å². The van der Waals surface area contributed by atoms with E-state index < -0.39 is 17.8 Å². The van der Waals surface area contributed by atoms with Crippen LogP contribution in [0.1, 0.15) is 40.5 Å². The molecule has 1 aliphatic carbocycles. The summed E-state index contributed by atoms with van der Waals surface area (Å²) in [6, 6.07) is 0. The number of carbonyl (C=O) groups is 3. The highest BCUT2D eigenvalue weighted by Crippen LogP contribution is 2.23. The standard InChI is InChI=1S/C13H19NO5/c1-5-18-11(16)14(9-6-7-10(15)8-9)12(17)19-13(2,3)4/h8H,5-7H2,1-4H3. The molecule has 6 heteroatoms. The van der Waals surface area contributed by atoms with Crippen molar-refractivity contribution in [3.05, 3.63) is 11.8 Å². The van der Waals surface area contributed by atoms with Crippen LogP contribution in [0.3, 0.4) is 0 Å². The molecule has 0 saturated carbocycles. The fourth-order valence-corrected chi connectivity index (χ4v) is 1.56. The van der Waals surface area contributed by atoms with Gasteiger partial charge in [-0.25, -0.2) is 9.59 Å². The minimum Gasteiger partial charge on any atom is -0.449 e. The van der Waals surface area contributed by atoms with Gasteiger partial charge in [-0.2, -0.15) is 4.90 Å². The van der Waals surface area contributed by atoms with Gasteiger partial charge in [0.05, 0.1) is 6.61 Å². The number of allylic oxidation sites excluding steroid dienone is 2. The van der Waals surface area contributed by atoms with Crippen molar-refractivity contribution in [3.63, 3.8) is 0 Å². The van der Waals surface area contributed by atoms with E-state index in [-0.39, 0.29) is 18.8 Å². The van der Waals surface area contributed by atoms with Gasteiger partial charge in [0.25, 0.3) is 0 Å². The summed E-state index contributed by atoms with van der Waals surface area (Å²) in [6.07, 6.45) is 0.246. The first-order valence-corrected chi connectivity index (χ1v) is 6.18. The Bertz CT molecular complexity index is 419. The van der Waals surface area contributed by atoms with E-state index in [0.29, 0.717) is 12.1 Å². The number of ketones is 1. The van der Waals surface area contributed by atoms with E-state index in [9.17, 15) is 14.4 Å². The summed E-state index contributed by atoms with van der Waals surface area (Å²) >= 11 is 0. The fourth-order valence-electron chi connectivity index (χ4n) is 1.56. The summed E-state index contributed by atoms with van der Waals surface area (Å²) in [5.74, 6) is -0.118. The van der Waals surface area contributed by atoms with Gasteiger partial charge in [0.15, 0.2) is 5.78 Å². The Morgan fingerprint density at radius 3 is 2.32 bits per heavy atom. The predicted molar refractivity (Wildman–Crippen MR) is 67.4 cm³/mol. The van der Waals surface area contributed by atoms with Crippen LogP contribution in [-0.2, 0) is 14.3 Å². The maximum absolute atomic E-state index is 12.0. The quantitative estimate of drug-likeness (QED) is 0.770. The summed E-state index contributed by atoms with van der Waals surface area (Å²) < 4.78 is 9.97. The lowest BCUT2D eigenvalue weighted by Gasteiger charge is -2.26. The van der Waals surface area contributed by atoms with Crippen LogP contribution in [-0.4, -0.2) is 35.1 Å². The molecule has 0 radical (unpaired) electrons. The number of rotatable bonds is 2. The molecule has 0 aromatic rings. The summed E-state index contributed by atoms with van der Waals surface area (Å²) in [6.45, 7) is 6.87. The summed E-state index contributed by atoms with van der Waals surface area (Å²) in [7, 11) is 0. The Morgan fingerprint density at radius 2 is 1.89 bits per heavy atom. The molecule has 19 heavy (non-hydrogen) atoms. The average molecular weight is 269 g/mol. The van der Waals surface area contributed by atoms with Crippen molar-refractivity contribution in [1.29, 1.82) is 0 Å². The minimum atomic E-state index is -0.827. The van der Waals surface area contributed by atoms with E-state index in [0.717, 1.165) is 4.90 Å². The summed E-state index contributed by atoms with van der Waals surface area (Å²) in [5, 5.41) is 0. The second-order valence-electron chi connectivity index (χ2n) is 5.12. The number of imide groups is 1. The van der Waals surface area contributed by atoms with Crippen LogP contribution in [0.4, 0.5) is 9.59 Å². The average Bonchev–Trinajstić information content (AvgIpc) is 2.62. The van der Waals surface area contributed by atoms with Crippen LogP contribution in [0.2, 0.25) is 0 Å². The molecule has 0 aliphatic heterocycles. The van der Waals surface area contributed by atoms with Crippen molar-refractivity contribution in [3.8, 4) is 0 Å². The first-order chi connectivity index (χ1) is 8.74. The SMILES string of the molecule is CCOC(=O)N(C(=O)OC(C)(C)C)C1=CC(=O)CC1. The lowest BCUT2D eigenvalue weighted by Crippen LogP contribution is -2.40. The first kappa shape index (κ1) is 15.2. The van der Waals surface area contributed by atoms with Gasteiger partial charge in [-0.1, -0.05) is 0 Å². The molecule has 0 aromatic carbocycles. The third-order valence-electron chi connectivity index (χ3n) is 2.27. The highest BCUT2D eigenvalue weighted by atomic mass is 16.6. The zero-order valence-corrected chi connectivity index (χ0v) is 11.7. The number of amides is 2. The van der Waals surface area contributed by atoms with Crippen LogP contribution in [0, 0.1) is 0 Å². The van der Waals surface area contributed by atoms with Crippen molar-refractivity contribution in [2.24, 2.45) is 0 Å². The van der Waals surface area contributed by atoms with Gasteiger partial charge < -0.3 is 9.47 Å². The largest absolute Gasteiger partial charge is 0.449 e. The molecule has 106 valence electrons. The molecule has 0 aromatic heterocycles. The monoisotopic (exact) mass is 269 g/mol. The molecular formula is C13H19NO5. The van der Waals surface area contributed by atoms with E-state index in [1.807, 2.05) is 0 Å². The lowest BCUT2D eigenvalue weighted by molar-refractivity contribution is -0.114. The molecule has 0 fully saturated rings. The van der Waals surface area contributed by atoms with E-state index in [4.69, 9.17) is 9.47 Å². The molecular weight excluding hydrogens is 250 g/mol. The van der Waals surface area contributed by atoms with Crippen LogP contribution in [0.25, 0.3) is 0 Å². The highest BCUT2D eigenvalue weighted by molar-refractivity contribution is 5.97. The molecule has 0 spiro atoms. The Balaban J connectivity index is 2.93. The molecule has 1 aliphatic rings. The van der Waals surface area contributed by atoms with Gasteiger partial charge >= 0.3 is 12.2 Å². The number of hydrogen-bond acceptors (Lipinski definition) is 5. The Kier molecular flexibility index (Phi) is 4.69. The van der Waals surface area contributed by atoms with E-state index in [1.54, 1.807) is 27.7 Å². The maximum Gasteiger partial charge on any atom is 0.424 e. The van der Waals surface area contributed by atoms with Gasteiger partial charge in [-0.05, 0) is 34.1 Å². The number of ether oxygens (including phenoxy) is 2. The Hall–Kier alpha value is -1.85. The molecule has 0 bridgehead atoms. The molecule has 0 unspecified atom stereocenters. The van der Waals surface area contributed by atoms with Crippen LogP contribution < -0.4 is 0 Å². The summed E-state index contributed by atoms with van der Waals surface area (Å²) in [5.41, 5.74) is -0.414. The second kappa shape index (κ2) is 5.86. The second-order valence-corrected chi connectivity index (χ2v) is 5.12. The Labute approximate surface area is 112 Å². The fraction of sp³-hybridized carbons (Fsp3) is 0.615. The zero-order chi connectivity index (χ0) is 14.6. The summed E-state index contributed by atoms with van der Waals surface area (Å²) in [4.78, 5) is 35.9. The molecule has 0 heterocycles. The van der Waals surface area contributed by atoms with E-state index >= 15 is 0 Å². The van der Waals surface area contributed by atoms with Gasteiger partial charge in [0.2, 0.25) is 0 Å². The van der Waals surface area contributed by atoms with Crippen LogP contribution in [0.5, 0.6) is 0 Å². The molecule has 0 saturated heterocycles. The molecule has 2 amide bonds. The predicted octanol–water partition coefficient (Wildman–Crippen LogP) is 2.63. The van der Waals surface area contributed by atoms with Crippen molar-refractivity contribution in [2.75, 3.05) is 6.61 Å². The molecule has 6 nitrogen and oxygen atoms in total. The molecule has 0 atom stereocenters. The zero-order valence-electron chi connectivity index (χ0n) is 11.7. The van der Waals surface area contributed by atoms with Crippen LogP contribution >= 0.6 is 0 Å². The normalized spacial score (nSPS) is 14.9. The van der Waals surface area contributed by atoms with Gasteiger partial charge in [-0.3, -0.25) is 4.79 Å².